The number of para-hydroxylation sites is 1. The number of hydrogen-bond donors (Lipinski definition) is 2. The Balaban J connectivity index is 1.50. The Labute approximate surface area is 164 Å². The van der Waals surface area contributed by atoms with E-state index in [1.807, 2.05) is 36.4 Å². The number of aliphatic hydroxyl groups is 1. The van der Waals surface area contributed by atoms with Crippen LogP contribution in [0, 0.1) is 0 Å². The lowest BCUT2D eigenvalue weighted by atomic mass is 10.2. The summed E-state index contributed by atoms with van der Waals surface area (Å²) in [6.07, 6.45) is 5.19. The summed E-state index contributed by atoms with van der Waals surface area (Å²) in [5, 5.41) is 11.3. The predicted molar refractivity (Wildman–Crippen MR) is 104 cm³/mol. The van der Waals surface area contributed by atoms with Crippen molar-refractivity contribution in [2.45, 2.75) is 6.35 Å². The average molecular weight is 396 g/mol. The Bertz CT molecular complexity index is 1130. The fourth-order valence-electron chi connectivity index (χ4n) is 3.16. The monoisotopic (exact) mass is 395 g/mol. The van der Waals surface area contributed by atoms with Crippen molar-refractivity contribution in [1.29, 1.82) is 0 Å². The van der Waals surface area contributed by atoms with Gasteiger partial charge in [-0.05, 0) is 28.6 Å². The average Bonchev–Trinajstić information content (AvgIpc) is 3.34. The number of aromatic nitrogens is 4. The minimum atomic E-state index is -1.06. The van der Waals surface area contributed by atoms with Crippen molar-refractivity contribution in [3.63, 3.8) is 0 Å². The Morgan fingerprint density at radius 3 is 2.93 bits per heavy atom. The normalized spacial score (nSPS) is 19.3. The van der Waals surface area contributed by atoms with E-state index in [4.69, 9.17) is 16.3 Å². The van der Waals surface area contributed by atoms with Crippen LogP contribution in [0.5, 0.6) is 5.88 Å². The van der Waals surface area contributed by atoms with Crippen LogP contribution >= 0.6 is 11.6 Å². The number of halogens is 1. The number of amidine groups is 1. The highest BCUT2D eigenvalue weighted by Crippen LogP contribution is 2.31. The highest BCUT2D eigenvalue weighted by Gasteiger charge is 2.47. The van der Waals surface area contributed by atoms with Gasteiger partial charge >= 0.3 is 6.35 Å². The standard InChI is InChI=1S/C18H14ClN7O2/c19-13-7-20-14-6-12(8-28-17-15-16(22-9-21-15)23-10-24-17)25(18(27)26(13)14)11-4-2-1-3-5-11/h1-7,9-10,18,27H,8H2,(H,21,22,23,24)/q+1. The number of nitrogens with zero attached hydrogens (tertiary/aromatic N) is 6. The van der Waals surface area contributed by atoms with E-state index < -0.39 is 6.35 Å². The van der Waals surface area contributed by atoms with E-state index >= 15 is 0 Å². The van der Waals surface area contributed by atoms with E-state index in [1.165, 1.54) is 23.8 Å². The SMILES string of the molecule is OC1N(c2ccccc2)C(COc2ncnc3[nH]cnc23)=CC2=NC=C(Cl)[N+]21. The maximum atomic E-state index is 11.0. The summed E-state index contributed by atoms with van der Waals surface area (Å²) in [4.78, 5) is 22.9. The zero-order valence-electron chi connectivity index (χ0n) is 14.4. The molecule has 0 amide bonds. The summed E-state index contributed by atoms with van der Waals surface area (Å²) < 4.78 is 5.91. The van der Waals surface area contributed by atoms with Gasteiger partial charge in [0.25, 0.3) is 11.0 Å². The number of hydrogen-bond acceptors (Lipinski definition) is 8. The second-order valence-electron chi connectivity index (χ2n) is 6.06. The molecule has 28 heavy (non-hydrogen) atoms. The summed E-state index contributed by atoms with van der Waals surface area (Å²) in [6.45, 7) is 0.134. The largest absolute Gasteiger partial charge is 0.470 e. The van der Waals surface area contributed by atoms with Gasteiger partial charge in [0.15, 0.2) is 11.2 Å². The third-order valence-electron chi connectivity index (χ3n) is 4.42. The van der Waals surface area contributed by atoms with Crippen molar-refractivity contribution >= 4 is 34.3 Å². The fourth-order valence-corrected chi connectivity index (χ4v) is 3.38. The number of rotatable bonds is 4. The lowest BCUT2D eigenvalue weighted by Crippen LogP contribution is -2.56. The van der Waals surface area contributed by atoms with Crippen LogP contribution in [-0.4, -0.2) is 43.8 Å². The highest BCUT2D eigenvalue weighted by molar-refractivity contribution is 6.32. The molecule has 0 fully saturated rings. The third kappa shape index (κ3) is 2.73. The number of benzene rings is 1. The van der Waals surface area contributed by atoms with Gasteiger partial charge in [0, 0.05) is 11.8 Å². The molecule has 10 heteroatoms. The minimum Gasteiger partial charge on any atom is -0.470 e. The number of nitrogens with one attached hydrogen (secondary N) is 1. The number of aliphatic imine (C=N–C) groups is 1. The number of anilines is 1. The summed E-state index contributed by atoms with van der Waals surface area (Å²) in [7, 11) is 0. The lowest BCUT2D eigenvalue weighted by Gasteiger charge is -2.33. The number of aliphatic hydroxyl groups excluding tert-OH is 1. The molecule has 0 saturated carbocycles. The first-order valence-electron chi connectivity index (χ1n) is 8.45. The van der Waals surface area contributed by atoms with Crippen molar-refractivity contribution in [3.8, 4) is 5.88 Å². The molecule has 1 atom stereocenters. The second-order valence-corrected chi connectivity index (χ2v) is 6.45. The van der Waals surface area contributed by atoms with E-state index in [0.29, 0.717) is 33.7 Å². The van der Waals surface area contributed by atoms with Gasteiger partial charge in [0.2, 0.25) is 5.88 Å². The number of aromatic amines is 1. The molecule has 139 valence electrons. The van der Waals surface area contributed by atoms with Crippen LogP contribution < -0.4 is 14.5 Å². The maximum absolute atomic E-state index is 11.0. The van der Waals surface area contributed by atoms with Crippen molar-refractivity contribution in [1.82, 2.24) is 24.8 Å². The van der Waals surface area contributed by atoms with Crippen LogP contribution in [0.1, 0.15) is 0 Å². The summed E-state index contributed by atoms with van der Waals surface area (Å²) in [5.74, 6) is 0.887. The van der Waals surface area contributed by atoms with Gasteiger partial charge in [0.1, 0.15) is 19.1 Å². The van der Waals surface area contributed by atoms with Crippen molar-refractivity contribution in [2.24, 2.45) is 4.99 Å². The van der Waals surface area contributed by atoms with E-state index in [2.05, 4.69) is 24.9 Å². The van der Waals surface area contributed by atoms with E-state index in [9.17, 15) is 5.11 Å². The first-order valence-corrected chi connectivity index (χ1v) is 8.82. The zero-order chi connectivity index (χ0) is 19.1. The Morgan fingerprint density at radius 2 is 2.07 bits per heavy atom. The summed E-state index contributed by atoms with van der Waals surface area (Å²) in [5.41, 5.74) is 2.60. The molecule has 0 bridgehead atoms. The molecule has 3 aromatic rings. The molecule has 1 unspecified atom stereocenters. The quantitative estimate of drug-likeness (QED) is 0.517. The van der Waals surface area contributed by atoms with E-state index in [-0.39, 0.29) is 6.61 Å². The van der Waals surface area contributed by atoms with Crippen molar-refractivity contribution in [2.75, 3.05) is 11.5 Å². The molecule has 1 aromatic carbocycles. The molecule has 4 heterocycles. The molecule has 5 rings (SSSR count). The molecule has 2 aliphatic heterocycles. The van der Waals surface area contributed by atoms with Gasteiger partial charge in [-0.15, -0.1) is 0 Å². The lowest BCUT2D eigenvalue weighted by molar-refractivity contribution is 0.120. The number of imidazole rings is 1. The minimum absolute atomic E-state index is 0.134. The summed E-state index contributed by atoms with van der Waals surface area (Å²) >= 11 is 6.20. The number of H-pyrrole nitrogens is 1. The molecule has 2 aromatic heterocycles. The van der Waals surface area contributed by atoms with Crippen LogP contribution in [0.3, 0.4) is 0 Å². The fraction of sp³-hybridized carbons (Fsp3) is 0.111. The molecule has 2 aliphatic rings. The van der Waals surface area contributed by atoms with Crippen LogP contribution in [0.2, 0.25) is 0 Å². The van der Waals surface area contributed by atoms with Crippen molar-refractivity contribution in [3.05, 3.63) is 66.1 Å². The van der Waals surface area contributed by atoms with Gasteiger partial charge in [-0.2, -0.15) is 9.98 Å². The molecular weight excluding hydrogens is 382 g/mol. The number of fused-ring (bicyclic) bond motifs is 2. The molecule has 0 spiro atoms. The molecule has 9 nitrogen and oxygen atoms in total. The Morgan fingerprint density at radius 1 is 1.21 bits per heavy atom. The molecule has 1 radical (unpaired) electrons. The third-order valence-corrected chi connectivity index (χ3v) is 4.70. The second kappa shape index (κ2) is 6.71. The van der Waals surface area contributed by atoms with Crippen LogP contribution in [0.4, 0.5) is 5.69 Å². The smallest absolute Gasteiger partial charge is 0.336 e. The van der Waals surface area contributed by atoms with Gasteiger partial charge in [-0.3, -0.25) is 4.90 Å². The maximum Gasteiger partial charge on any atom is 0.336 e. The molecular formula is C18H14ClN7O2+. The van der Waals surface area contributed by atoms with Crippen molar-refractivity contribution < 1.29 is 9.84 Å². The summed E-state index contributed by atoms with van der Waals surface area (Å²) in [6, 6.07) is 9.48. The predicted octanol–water partition coefficient (Wildman–Crippen LogP) is 2.00. The first-order chi connectivity index (χ1) is 13.7. The molecule has 2 N–H and O–H groups in total. The van der Waals surface area contributed by atoms with Gasteiger partial charge in [-0.25, -0.2) is 9.97 Å². The zero-order valence-corrected chi connectivity index (χ0v) is 15.2. The first kappa shape index (κ1) is 16.9. The molecule has 0 aliphatic carbocycles. The number of ether oxygens (including phenoxy) is 1. The molecule has 0 saturated heterocycles. The topological polar surface area (TPSA) is 105 Å². The van der Waals surface area contributed by atoms with Gasteiger partial charge in [-0.1, -0.05) is 18.2 Å². The van der Waals surface area contributed by atoms with Crippen LogP contribution in [-0.2, 0) is 0 Å². The van der Waals surface area contributed by atoms with Gasteiger partial charge < -0.3 is 14.8 Å². The van der Waals surface area contributed by atoms with E-state index in [0.717, 1.165) is 5.69 Å². The van der Waals surface area contributed by atoms with Crippen LogP contribution in [0.15, 0.2) is 71.1 Å². The van der Waals surface area contributed by atoms with Gasteiger partial charge in [0.05, 0.1) is 12.0 Å². The van der Waals surface area contributed by atoms with E-state index in [1.54, 1.807) is 4.90 Å². The Hall–Kier alpha value is -3.27. The Kier molecular flexibility index (Phi) is 4.05. The van der Waals surface area contributed by atoms with Crippen LogP contribution in [0.25, 0.3) is 11.2 Å². The highest BCUT2D eigenvalue weighted by atomic mass is 35.5.